The zero-order chi connectivity index (χ0) is 11.4. The largest absolute Gasteiger partial charge is 0.316 e. The Hall–Kier alpha value is 0.0300. The van der Waals surface area contributed by atoms with Gasteiger partial charge < -0.3 is 5.32 Å². The van der Waals surface area contributed by atoms with Crippen LogP contribution in [0.2, 0.25) is 5.15 Å². The molecular formula is C10H14ClN3S2. The van der Waals surface area contributed by atoms with E-state index in [9.17, 15) is 0 Å². The summed E-state index contributed by atoms with van der Waals surface area (Å²) in [6.07, 6.45) is 4.45. The lowest BCUT2D eigenvalue weighted by atomic mass is 10.2. The quantitative estimate of drug-likeness (QED) is 0.522. The third kappa shape index (κ3) is 3.52. The minimum Gasteiger partial charge on any atom is -0.316 e. The first-order valence-corrected chi connectivity index (χ1v) is 7.72. The Morgan fingerprint density at radius 3 is 3.06 bits per heavy atom. The van der Waals surface area contributed by atoms with E-state index in [1.165, 1.54) is 24.6 Å². The van der Waals surface area contributed by atoms with E-state index in [-0.39, 0.29) is 0 Å². The standard InChI is InChI=1S/C10H14ClN3S2/c1-15-10-13-8(11)5-9(14-10)16-7-3-2-4-12-6-7/h5,7,12H,2-4,6H2,1H3/t7-/m0/s1. The molecule has 0 bridgehead atoms. The van der Waals surface area contributed by atoms with E-state index in [1.807, 2.05) is 12.3 Å². The normalized spacial score (nSPS) is 21.0. The number of rotatable bonds is 3. The van der Waals surface area contributed by atoms with Crippen molar-refractivity contribution in [3.05, 3.63) is 11.2 Å². The van der Waals surface area contributed by atoms with Crippen molar-refractivity contribution in [3.8, 4) is 0 Å². The number of hydrogen-bond donors (Lipinski definition) is 1. The highest BCUT2D eigenvalue weighted by Gasteiger charge is 2.15. The molecule has 2 heterocycles. The zero-order valence-electron chi connectivity index (χ0n) is 9.07. The monoisotopic (exact) mass is 275 g/mol. The Kier molecular flexibility index (Phi) is 4.76. The Morgan fingerprint density at radius 2 is 2.38 bits per heavy atom. The van der Waals surface area contributed by atoms with Crippen LogP contribution in [-0.2, 0) is 0 Å². The molecule has 0 unspecified atom stereocenters. The van der Waals surface area contributed by atoms with Crippen molar-refractivity contribution >= 4 is 35.1 Å². The van der Waals surface area contributed by atoms with Crippen molar-refractivity contribution in [1.82, 2.24) is 15.3 Å². The molecule has 6 heteroatoms. The van der Waals surface area contributed by atoms with Crippen molar-refractivity contribution in [2.75, 3.05) is 19.3 Å². The number of nitrogens with one attached hydrogen (secondary N) is 1. The smallest absolute Gasteiger partial charge is 0.189 e. The first kappa shape index (κ1) is 12.5. The molecule has 0 aromatic carbocycles. The fraction of sp³-hybridized carbons (Fsp3) is 0.600. The third-order valence-corrected chi connectivity index (χ3v) is 4.30. The van der Waals surface area contributed by atoms with Gasteiger partial charge in [0.05, 0.1) is 0 Å². The summed E-state index contributed by atoms with van der Waals surface area (Å²) in [5, 5.41) is 6.27. The number of thioether (sulfide) groups is 2. The van der Waals surface area contributed by atoms with Crippen molar-refractivity contribution in [2.45, 2.75) is 28.3 Å². The first-order valence-electron chi connectivity index (χ1n) is 5.24. The number of aromatic nitrogens is 2. The van der Waals surface area contributed by atoms with Crippen LogP contribution in [0.4, 0.5) is 0 Å². The van der Waals surface area contributed by atoms with Gasteiger partial charge in [-0.05, 0) is 25.6 Å². The van der Waals surface area contributed by atoms with Crippen LogP contribution in [0, 0.1) is 0 Å². The maximum absolute atomic E-state index is 5.95. The van der Waals surface area contributed by atoms with Crippen LogP contribution >= 0.6 is 35.1 Å². The minimum atomic E-state index is 0.533. The average Bonchev–Trinajstić information content (AvgIpc) is 2.29. The van der Waals surface area contributed by atoms with Crippen LogP contribution < -0.4 is 5.32 Å². The van der Waals surface area contributed by atoms with Crippen LogP contribution in [0.25, 0.3) is 0 Å². The van der Waals surface area contributed by atoms with Gasteiger partial charge in [-0.2, -0.15) is 0 Å². The Bertz CT molecular complexity index is 356. The lowest BCUT2D eigenvalue weighted by molar-refractivity contribution is 0.531. The van der Waals surface area contributed by atoms with Crippen LogP contribution in [0.3, 0.4) is 0 Å². The molecular weight excluding hydrogens is 262 g/mol. The molecule has 1 aliphatic heterocycles. The van der Waals surface area contributed by atoms with Crippen molar-refractivity contribution in [2.24, 2.45) is 0 Å². The molecule has 1 aromatic heterocycles. The highest BCUT2D eigenvalue weighted by Crippen LogP contribution is 2.28. The molecule has 1 saturated heterocycles. The minimum absolute atomic E-state index is 0.533. The van der Waals surface area contributed by atoms with Gasteiger partial charge in [0.25, 0.3) is 0 Å². The fourth-order valence-electron chi connectivity index (χ4n) is 1.62. The van der Waals surface area contributed by atoms with Crippen molar-refractivity contribution in [1.29, 1.82) is 0 Å². The Labute approximate surface area is 109 Å². The Balaban J connectivity index is 2.04. The van der Waals surface area contributed by atoms with Gasteiger partial charge in [-0.25, -0.2) is 9.97 Å². The molecule has 0 aliphatic carbocycles. The van der Waals surface area contributed by atoms with E-state index < -0.39 is 0 Å². The lowest BCUT2D eigenvalue weighted by Gasteiger charge is -2.21. The maximum Gasteiger partial charge on any atom is 0.189 e. The first-order chi connectivity index (χ1) is 7.78. The van der Waals surface area contributed by atoms with E-state index in [0.717, 1.165) is 23.3 Å². The van der Waals surface area contributed by atoms with Crippen LogP contribution in [0.15, 0.2) is 16.2 Å². The second kappa shape index (κ2) is 6.10. The van der Waals surface area contributed by atoms with Gasteiger partial charge in [0.15, 0.2) is 5.16 Å². The summed E-state index contributed by atoms with van der Waals surface area (Å²) >= 11 is 9.27. The second-order valence-electron chi connectivity index (χ2n) is 3.60. The molecule has 88 valence electrons. The molecule has 1 N–H and O–H groups in total. The topological polar surface area (TPSA) is 37.8 Å². The van der Waals surface area contributed by atoms with Gasteiger partial charge in [0.2, 0.25) is 0 Å². The van der Waals surface area contributed by atoms with E-state index >= 15 is 0 Å². The molecule has 2 rings (SSSR count). The van der Waals surface area contributed by atoms with Gasteiger partial charge in [-0.15, -0.1) is 11.8 Å². The summed E-state index contributed by atoms with van der Waals surface area (Å²) in [6, 6.07) is 1.85. The van der Waals surface area contributed by atoms with Gasteiger partial charge in [0, 0.05) is 17.9 Å². The maximum atomic E-state index is 5.95. The Morgan fingerprint density at radius 1 is 1.50 bits per heavy atom. The molecule has 0 spiro atoms. The SMILES string of the molecule is CSc1nc(Cl)cc(S[C@H]2CCCNC2)n1. The lowest BCUT2D eigenvalue weighted by Crippen LogP contribution is -2.31. The fourth-order valence-corrected chi connectivity index (χ4v) is 3.50. The van der Waals surface area contributed by atoms with Gasteiger partial charge in [0.1, 0.15) is 10.2 Å². The van der Waals surface area contributed by atoms with E-state index in [1.54, 1.807) is 11.8 Å². The van der Waals surface area contributed by atoms with Crippen molar-refractivity contribution < 1.29 is 0 Å². The average molecular weight is 276 g/mol. The predicted molar refractivity (Wildman–Crippen MR) is 70.6 cm³/mol. The summed E-state index contributed by atoms with van der Waals surface area (Å²) < 4.78 is 0. The molecule has 1 aromatic rings. The number of halogens is 1. The van der Waals surface area contributed by atoms with Crippen LogP contribution in [0.1, 0.15) is 12.8 Å². The van der Waals surface area contributed by atoms with Gasteiger partial charge in [-0.1, -0.05) is 23.4 Å². The molecule has 0 amide bonds. The summed E-state index contributed by atoms with van der Waals surface area (Å²) in [5.41, 5.74) is 0. The third-order valence-electron chi connectivity index (χ3n) is 2.37. The summed E-state index contributed by atoms with van der Waals surface area (Å²) in [7, 11) is 0. The van der Waals surface area contributed by atoms with Gasteiger partial charge >= 0.3 is 0 Å². The molecule has 1 atom stereocenters. The summed E-state index contributed by atoms with van der Waals surface area (Å²) in [5.74, 6) is 0. The van der Waals surface area contributed by atoms with E-state index in [0.29, 0.717) is 10.4 Å². The number of piperidine rings is 1. The molecule has 0 saturated carbocycles. The van der Waals surface area contributed by atoms with Crippen LogP contribution in [-0.4, -0.2) is 34.6 Å². The molecule has 3 nitrogen and oxygen atoms in total. The highest BCUT2D eigenvalue weighted by atomic mass is 35.5. The van der Waals surface area contributed by atoms with Crippen molar-refractivity contribution in [3.63, 3.8) is 0 Å². The number of hydrogen-bond acceptors (Lipinski definition) is 5. The number of nitrogens with zero attached hydrogens (tertiary/aromatic N) is 2. The summed E-state index contributed by atoms with van der Waals surface area (Å²) in [4.78, 5) is 8.58. The summed E-state index contributed by atoms with van der Waals surface area (Å²) in [6.45, 7) is 2.19. The van der Waals surface area contributed by atoms with E-state index in [2.05, 4.69) is 15.3 Å². The highest BCUT2D eigenvalue weighted by molar-refractivity contribution is 8.00. The molecule has 1 fully saturated rings. The van der Waals surface area contributed by atoms with Gasteiger partial charge in [-0.3, -0.25) is 0 Å². The zero-order valence-corrected chi connectivity index (χ0v) is 11.5. The second-order valence-corrected chi connectivity index (χ2v) is 6.08. The predicted octanol–water partition coefficient (Wildman–Crippen LogP) is 2.70. The van der Waals surface area contributed by atoms with Crippen LogP contribution in [0.5, 0.6) is 0 Å². The molecule has 0 radical (unpaired) electrons. The molecule has 1 aliphatic rings. The van der Waals surface area contributed by atoms with E-state index in [4.69, 9.17) is 11.6 Å². The molecule has 16 heavy (non-hydrogen) atoms.